The zero-order valence-electron chi connectivity index (χ0n) is 17.9. The molecule has 0 saturated carbocycles. The Morgan fingerprint density at radius 2 is 1.97 bits per heavy atom. The van der Waals surface area contributed by atoms with Gasteiger partial charge in [-0.2, -0.15) is 5.10 Å². The fourth-order valence-electron chi connectivity index (χ4n) is 2.88. The predicted octanol–water partition coefficient (Wildman–Crippen LogP) is 1.61. The molecule has 9 nitrogen and oxygen atoms in total. The molecule has 0 aromatic heterocycles. The van der Waals surface area contributed by atoms with Crippen LogP contribution in [0.1, 0.15) is 5.56 Å². The fourth-order valence-corrected chi connectivity index (χ4v) is 3.17. The van der Waals surface area contributed by atoms with E-state index in [1.54, 1.807) is 24.3 Å². The van der Waals surface area contributed by atoms with Crippen molar-refractivity contribution in [3.63, 3.8) is 0 Å². The number of hydrogen-bond donors (Lipinski definition) is 2. The summed E-state index contributed by atoms with van der Waals surface area (Å²) < 4.78 is 5.46. The standard InChI is InChI=1S/C22H23N5O4S/c1-14-7-9-15(10-8-14)27-21(30)18(20(29)24-22(27)32)12-23-25-19(28)13-31-17-6-4-5-16(11-17)26(2)3/h4-12,18H,13H2,1-3H3,(H,25,28)(H,24,29,32)/b23-12-/t18-/m1/s1. The lowest BCUT2D eigenvalue weighted by Crippen LogP contribution is -2.58. The Morgan fingerprint density at radius 1 is 1.25 bits per heavy atom. The number of benzene rings is 2. The molecule has 1 aliphatic rings. The molecule has 166 valence electrons. The molecule has 32 heavy (non-hydrogen) atoms. The molecule has 1 aliphatic heterocycles. The van der Waals surface area contributed by atoms with E-state index < -0.39 is 23.6 Å². The normalized spacial score (nSPS) is 16.2. The van der Waals surface area contributed by atoms with Gasteiger partial charge in [0, 0.05) is 32.1 Å². The quantitative estimate of drug-likeness (QED) is 0.286. The van der Waals surface area contributed by atoms with E-state index in [2.05, 4.69) is 15.8 Å². The van der Waals surface area contributed by atoms with Crippen molar-refractivity contribution in [1.29, 1.82) is 0 Å². The van der Waals surface area contributed by atoms with Gasteiger partial charge in [0.05, 0.1) is 5.69 Å². The van der Waals surface area contributed by atoms with Crippen molar-refractivity contribution in [1.82, 2.24) is 10.7 Å². The van der Waals surface area contributed by atoms with E-state index in [0.29, 0.717) is 11.4 Å². The minimum atomic E-state index is -1.24. The fraction of sp³-hybridized carbons (Fsp3) is 0.227. The Kier molecular flexibility index (Phi) is 7.16. The zero-order chi connectivity index (χ0) is 23.3. The molecule has 10 heteroatoms. The lowest BCUT2D eigenvalue weighted by atomic mass is 10.1. The predicted molar refractivity (Wildman–Crippen MR) is 126 cm³/mol. The van der Waals surface area contributed by atoms with Gasteiger partial charge in [0.1, 0.15) is 5.75 Å². The maximum absolute atomic E-state index is 12.9. The first-order valence-corrected chi connectivity index (χ1v) is 10.1. The van der Waals surface area contributed by atoms with Gasteiger partial charge < -0.3 is 15.0 Å². The number of ether oxygens (including phenoxy) is 1. The van der Waals surface area contributed by atoms with Crippen molar-refractivity contribution in [2.24, 2.45) is 11.0 Å². The topological polar surface area (TPSA) is 103 Å². The summed E-state index contributed by atoms with van der Waals surface area (Å²) in [7, 11) is 3.80. The van der Waals surface area contributed by atoms with Crippen LogP contribution in [-0.2, 0) is 14.4 Å². The van der Waals surface area contributed by atoms with Gasteiger partial charge in [-0.05, 0) is 43.4 Å². The maximum atomic E-state index is 12.9. The number of anilines is 2. The number of thiocarbonyl (C=S) groups is 1. The van der Waals surface area contributed by atoms with Crippen molar-refractivity contribution in [2.45, 2.75) is 6.92 Å². The van der Waals surface area contributed by atoms with Gasteiger partial charge in [-0.25, -0.2) is 5.43 Å². The van der Waals surface area contributed by atoms with Gasteiger partial charge in [-0.3, -0.25) is 19.3 Å². The summed E-state index contributed by atoms with van der Waals surface area (Å²) in [6.07, 6.45) is 1.07. The largest absolute Gasteiger partial charge is 0.484 e. The molecule has 1 fully saturated rings. The van der Waals surface area contributed by atoms with E-state index in [9.17, 15) is 14.4 Å². The highest BCUT2D eigenvalue weighted by atomic mass is 32.1. The molecule has 3 amide bonds. The van der Waals surface area contributed by atoms with Crippen LogP contribution in [0, 0.1) is 12.8 Å². The van der Waals surface area contributed by atoms with Crippen LogP contribution in [-0.4, -0.2) is 49.8 Å². The highest BCUT2D eigenvalue weighted by Gasteiger charge is 2.38. The molecule has 0 unspecified atom stereocenters. The number of rotatable bonds is 7. The van der Waals surface area contributed by atoms with E-state index >= 15 is 0 Å². The van der Waals surface area contributed by atoms with Crippen LogP contribution in [0.3, 0.4) is 0 Å². The van der Waals surface area contributed by atoms with Crippen LogP contribution in [0.15, 0.2) is 53.6 Å². The number of carbonyl (C=O) groups is 3. The Hall–Kier alpha value is -3.79. The van der Waals surface area contributed by atoms with Crippen LogP contribution in [0.2, 0.25) is 0 Å². The lowest BCUT2D eigenvalue weighted by molar-refractivity contribution is -0.130. The van der Waals surface area contributed by atoms with Gasteiger partial charge in [0.15, 0.2) is 17.6 Å². The number of amides is 3. The number of nitrogens with one attached hydrogen (secondary N) is 2. The molecule has 0 bridgehead atoms. The number of aryl methyl sites for hydroxylation is 1. The Morgan fingerprint density at radius 3 is 2.66 bits per heavy atom. The smallest absolute Gasteiger partial charge is 0.277 e. The lowest BCUT2D eigenvalue weighted by Gasteiger charge is -2.30. The molecule has 2 aromatic carbocycles. The van der Waals surface area contributed by atoms with Crippen LogP contribution in [0.5, 0.6) is 5.75 Å². The summed E-state index contributed by atoms with van der Waals surface area (Å²) in [5.41, 5.74) is 4.74. The summed E-state index contributed by atoms with van der Waals surface area (Å²) in [5.74, 6) is -2.41. The second kappa shape index (κ2) is 10.0. The summed E-state index contributed by atoms with van der Waals surface area (Å²) >= 11 is 5.15. The van der Waals surface area contributed by atoms with E-state index in [4.69, 9.17) is 17.0 Å². The third-order valence-corrected chi connectivity index (χ3v) is 4.90. The van der Waals surface area contributed by atoms with E-state index in [1.807, 2.05) is 50.2 Å². The van der Waals surface area contributed by atoms with Crippen molar-refractivity contribution >= 4 is 52.6 Å². The summed E-state index contributed by atoms with van der Waals surface area (Å²) in [6.45, 7) is 1.64. The van der Waals surface area contributed by atoms with E-state index in [1.165, 1.54) is 4.90 Å². The summed E-state index contributed by atoms with van der Waals surface area (Å²) in [4.78, 5) is 40.3. The molecule has 0 radical (unpaired) electrons. The number of hydrazone groups is 1. The molecule has 1 saturated heterocycles. The van der Waals surface area contributed by atoms with Gasteiger partial charge in [0.2, 0.25) is 5.91 Å². The second-order valence-electron chi connectivity index (χ2n) is 7.27. The monoisotopic (exact) mass is 453 g/mol. The third kappa shape index (κ3) is 5.46. The third-order valence-electron chi connectivity index (χ3n) is 4.61. The SMILES string of the molecule is Cc1ccc(N2C(=O)[C@H](/C=N\NC(=O)COc3cccc(N(C)C)c3)C(=O)NC2=S)cc1. The molecule has 2 N–H and O–H groups in total. The van der Waals surface area contributed by atoms with Crippen LogP contribution >= 0.6 is 12.2 Å². The first-order chi connectivity index (χ1) is 15.3. The molecule has 1 heterocycles. The van der Waals surface area contributed by atoms with Gasteiger partial charge in [0.25, 0.3) is 11.8 Å². The zero-order valence-corrected chi connectivity index (χ0v) is 18.7. The van der Waals surface area contributed by atoms with Gasteiger partial charge >= 0.3 is 0 Å². The first-order valence-electron chi connectivity index (χ1n) is 9.74. The average molecular weight is 454 g/mol. The van der Waals surface area contributed by atoms with Crippen LogP contribution in [0.25, 0.3) is 0 Å². The highest BCUT2D eigenvalue weighted by molar-refractivity contribution is 7.80. The van der Waals surface area contributed by atoms with Crippen molar-refractivity contribution in [3.8, 4) is 5.75 Å². The van der Waals surface area contributed by atoms with Crippen molar-refractivity contribution in [2.75, 3.05) is 30.5 Å². The minimum absolute atomic E-state index is 0.00843. The van der Waals surface area contributed by atoms with Crippen molar-refractivity contribution < 1.29 is 19.1 Å². The summed E-state index contributed by atoms with van der Waals surface area (Å²) in [5, 5.41) is 6.24. The van der Waals surface area contributed by atoms with E-state index in [0.717, 1.165) is 17.5 Å². The number of nitrogens with zero attached hydrogens (tertiary/aromatic N) is 3. The average Bonchev–Trinajstić information content (AvgIpc) is 2.76. The maximum Gasteiger partial charge on any atom is 0.277 e. The molecule has 0 aliphatic carbocycles. The Labute approximate surface area is 191 Å². The number of carbonyl (C=O) groups excluding carboxylic acids is 3. The van der Waals surface area contributed by atoms with Crippen LogP contribution in [0.4, 0.5) is 11.4 Å². The second-order valence-corrected chi connectivity index (χ2v) is 7.66. The van der Waals surface area contributed by atoms with Gasteiger partial charge in [-0.1, -0.05) is 23.8 Å². The number of hydrogen-bond acceptors (Lipinski definition) is 7. The molecular formula is C22H23N5O4S. The van der Waals surface area contributed by atoms with E-state index in [-0.39, 0.29) is 11.7 Å². The molecule has 3 rings (SSSR count). The van der Waals surface area contributed by atoms with Crippen LogP contribution < -0.4 is 25.3 Å². The minimum Gasteiger partial charge on any atom is -0.484 e. The molecular weight excluding hydrogens is 430 g/mol. The first kappa shape index (κ1) is 22.9. The molecule has 1 atom stereocenters. The Bertz CT molecular complexity index is 1070. The van der Waals surface area contributed by atoms with Crippen molar-refractivity contribution in [3.05, 3.63) is 54.1 Å². The Balaban J connectivity index is 1.59. The highest BCUT2D eigenvalue weighted by Crippen LogP contribution is 2.21. The summed E-state index contributed by atoms with van der Waals surface area (Å²) in [6, 6.07) is 14.4. The molecule has 0 spiro atoms. The molecule has 2 aromatic rings. The van der Waals surface area contributed by atoms with Gasteiger partial charge in [-0.15, -0.1) is 0 Å².